The molecule has 1 aromatic rings. The Hall–Kier alpha value is -2.08. The van der Waals surface area contributed by atoms with Crippen LogP contribution in [0.4, 0.5) is 5.69 Å². The van der Waals surface area contributed by atoms with Gasteiger partial charge in [0.25, 0.3) is 5.91 Å². The topological polar surface area (TPSA) is 76.1 Å². The van der Waals surface area contributed by atoms with Gasteiger partial charge in [-0.15, -0.1) is 0 Å². The van der Waals surface area contributed by atoms with Gasteiger partial charge in [-0.25, -0.2) is 4.79 Å². The molecule has 0 bridgehead atoms. The number of aliphatic carboxylic acids is 1. The lowest BCUT2D eigenvalue weighted by molar-refractivity contribution is -0.151. The molecule has 0 unspecified atom stereocenters. The van der Waals surface area contributed by atoms with Gasteiger partial charge in [0.2, 0.25) is 0 Å². The predicted octanol–water partition coefficient (Wildman–Crippen LogP) is 1.29. The second-order valence-electron chi connectivity index (χ2n) is 4.63. The molecule has 1 aliphatic rings. The SMILES string of the molecule is COc1cccc(N(C)C(=O)[C@@H]2CC[C@H](C(=O)O)O2)c1. The second kappa shape index (κ2) is 5.92. The summed E-state index contributed by atoms with van der Waals surface area (Å²) in [5, 5.41) is 8.87. The van der Waals surface area contributed by atoms with Crippen molar-refractivity contribution in [3.8, 4) is 5.75 Å². The summed E-state index contributed by atoms with van der Waals surface area (Å²) in [6.45, 7) is 0. The summed E-state index contributed by atoms with van der Waals surface area (Å²) in [5.74, 6) is -0.621. The van der Waals surface area contributed by atoms with Gasteiger partial charge in [0.15, 0.2) is 6.10 Å². The maximum Gasteiger partial charge on any atom is 0.332 e. The first kappa shape index (κ1) is 14.3. The highest BCUT2D eigenvalue weighted by Gasteiger charge is 2.36. The molecule has 1 aromatic carbocycles. The molecule has 1 heterocycles. The molecule has 20 heavy (non-hydrogen) atoms. The molecule has 0 aromatic heterocycles. The van der Waals surface area contributed by atoms with Crippen molar-refractivity contribution >= 4 is 17.6 Å². The molecule has 2 rings (SSSR count). The third-order valence-electron chi connectivity index (χ3n) is 3.34. The minimum atomic E-state index is -1.02. The van der Waals surface area contributed by atoms with Gasteiger partial charge in [0.05, 0.1) is 7.11 Å². The number of methoxy groups -OCH3 is 1. The number of hydrogen-bond acceptors (Lipinski definition) is 4. The zero-order valence-electron chi connectivity index (χ0n) is 11.4. The van der Waals surface area contributed by atoms with E-state index >= 15 is 0 Å². The van der Waals surface area contributed by atoms with Gasteiger partial charge in [0.1, 0.15) is 11.9 Å². The minimum Gasteiger partial charge on any atom is -0.497 e. The van der Waals surface area contributed by atoms with Gasteiger partial charge in [-0.05, 0) is 25.0 Å². The van der Waals surface area contributed by atoms with E-state index in [0.717, 1.165) is 0 Å². The zero-order chi connectivity index (χ0) is 14.7. The molecule has 0 aliphatic carbocycles. The summed E-state index contributed by atoms with van der Waals surface area (Å²) in [7, 11) is 3.19. The quantitative estimate of drug-likeness (QED) is 0.898. The maximum absolute atomic E-state index is 12.3. The average Bonchev–Trinajstić information content (AvgIpc) is 2.95. The van der Waals surface area contributed by atoms with Crippen molar-refractivity contribution in [3.63, 3.8) is 0 Å². The number of anilines is 1. The van der Waals surface area contributed by atoms with E-state index in [1.165, 1.54) is 4.90 Å². The van der Waals surface area contributed by atoms with Crippen LogP contribution in [0.15, 0.2) is 24.3 Å². The molecular weight excluding hydrogens is 262 g/mol. The molecule has 1 fully saturated rings. The van der Waals surface area contributed by atoms with Crippen LogP contribution in [0.5, 0.6) is 5.75 Å². The Morgan fingerprint density at radius 2 is 2.05 bits per heavy atom. The Bertz CT molecular complexity index is 516. The van der Waals surface area contributed by atoms with Crippen LogP contribution in [-0.4, -0.2) is 43.3 Å². The number of hydrogen-bond donors (Lipinski definition) is 1. The number of ether oxygens (including phenoxy) is 2. The Labute approximate surface area is 116 Å². The van der Waals surface area contributed by atoms with Crippen LogP contribution < -0.4 is 9.64 Å². The fraction of sp³-hybridized carbons (Fsp3) is 0.429. The second-order valence-corrected chi connectivity index (χ2v) is 4.63. The van der Waals surface area contributed by atoms with Gasteiger partial charge in [-0.1, -0.05) is 6.07 Å². The molecule has 6 heteroatoms. The highest BCUT2D eigenvalue weighted by molar-refractivity contribution is 5.96. The third kappa shape index (κ3) is 2.91. The first-order valence-corrected chi connectivity index (χ1v) is 6.33. The Kier molecular flexibility index (Phi) is 4.24. The molecule has 0 saturated carbocycles. The monoisotopic (exact) mass is 279 g/mol. The van der Waals surface area contributed by atoms with Crippen LogP contribution in [0.2, 0.25) is 0 Å². The molecule has 108 valence electrons. The van der Waals surface area contributed by atoms with Crippen molar-refractivity contribution < 1.29 is 24.2 Å². The van der Waals surface area contributed by atoms with E-state index in [-0.39, 0.29) is 5.91 Å². The summed E-state index contributed by atoms with van der Waals surface area (Å²) in [5.41, 5.74) is 0.678. The highest BCUT2D eigenvalue weighted by atomic mass is 16.5. The molecule has 1 aliphatic heterocycles. The number of rotatable bonds is 4. The lowest BCUT2D eigenvalue weighted by Crippen LogP contribution is -2.37. The number of amides is 1. The fourth-order valence-electron chi connectivity index (χ4n) is 2.16. The smallest absolute Gasteiger partial charge is 0.332 e. The van der Waals surface area contributed by atoms with Gasteiger partial charge < -0.3 is 19.5 Å². The number of carboxylic acid groups (broad SMARTS) is 1. The van der Waals surface area contributed by atoms with E-state index in [2.05, 4.69) is 0 Å². The van der Waals surface area contributed by atoms with Crippen LogP contribution in [0, 0.1) is 0 Å². The molecule has 0 radical (unpaired) electrons. The first-order valence-electron chi connectivity index (χ1n) is 6.33. The summed E-state index contributed by atoms with van der Waals surface area (Å²) in [6.07, 6.45) is -0.808. The number of nitrogens with zero attached hydrogens (tertiary/aromatic N) is 1. The molecular formula is C14H17NO5. The third-order valence-corrected chi connectivity index (χ3v) is 3.34. The van der Waals surface area contributed by atoms with Gasteiger partial charge >= 0.3 is 5.97 Å². The number of carboxylic acids is 1. The van der Waals surface area contributed by atoms with E-state index in [1.807, 2.05) is 0 Å². The molecule has 1 N–H and O–H groups in total. The number of carbonyl (C=O) groups excluding carboxylic acids is 1. The normalized spacial score (nSPS) is 21.5. The van der Waals surface area contributed by atoms with Crippen LogP contribution >= 0.6 is 0 Å². The zero-order valence-corrected chi connectivity index (χ0v) is 11.4. The lowest BCUT2D eigenvalue weighted by atomic mass is 10.1. The van der Waals surface area contributed by atoms with Crippen molar-refractivity contribution in [1.82, 2.24) is 0 Å². The predicted molar refractivity (Wildman–Crippen MR) is 71.9 cm³/mol. The standard InChI is InChI=1S/C14H17NO5/c1-15(9-4-3-5-10(8-9)19-2)13(16)11-6-7-12(20-11)14(17)18/h3-5,8,11-12H,6-7H2,1-2H3,(H,17,18)/t11-,12+/m0/s1. The molecule has 1 amide bonds. The molecule has 1 saturated heterocycles. The van der Waals surface area contributed by atoms with E-state index in [1.54, 1.807) is 38.4 Å². The Morgan fingerprint density at radius 3 is 2.65 bits per heavy atom. The summed E-state index contributed by atoms with van der Waals surface area (Å²) in [4.78, 5) is 24.6. The van der Waals surface area contributed by atoms with E-state index < -0.39 is 18.2 Å². The van der Waals surface area contributed by atoms with Crippen LogP contribution in [0.3, 0.4) is 0 Å². The largest absolute Gasteiger partial charge is 0.497 e. The van der Waals surface area contributed by atoms with Crippen LogP contribution in [0.1, 0.15) is 12.8 Å². The number of benzene rings is 1. The van der Waals surface area contributed by atoms with Crippen molar-refractivity contribution in [3.05, 3.63) is 24.3 Å². The fourth-order valence-corrected chi connectivity index (χ4v) is 2.16. The summed E-state index contributed by atoms with van der Waals surface area (Å²) >= 11 is 0. The van der Waals surface area contributed by atoms with Gasteiger partial charge in [0, 0.05) is 18.8 Å². The van der Waals surface area contributed by atoms with Crippen LogP contribution in [-0.2, 0) is 14.3 Å². The maximum atomic E-state index is 12.3. The van der Waals surface area contributed by atoms with Crippen molar-refractivity contribution in [2.75, 3.05) is 19.1 Å². The van der Waals surface area contributed by atoms with E-state index in [0.29, 0.717) is 24.3 Å². The average molecular weight is 279 g/mol. The Morgan fingerprint density at radius 1 is 1.35 bits per heavy atom. The molecule has 2 atom stereocenters. The van der Waals surface area contributed by atoms with Gasteiger partial charge in [-0.3, -0.25) is 4.79 Å². The summed E-state index contributed by atoms with van der Waals surface area (Å²) in [6, 6.07) is 7.09. The van der Waals surface area contributed by atoms with E-state index in [4.69, 9.17) is 14.6 Å². The van der Waals surface area contributed by atoms with E-state index in [9.17, 15) is 9.59 Å². The van der Waals surface area contributed by atoms with Crippen molar-refractivity contribution in [2.24, 2.45) is 0 Å². The molecule has 0 spiro atoms. The Balaban J connectivity index is 2.07. The van der Waals surface area contributed by atoms with Gasteiger partial charge in [-0.2, -0.15) is 0 Å². The minimum absolute atomic E-state index is 0.248. The lowest BCUT2D eigenvalue weighted by Gasteiger charge is -2.21. The van der Waals surface area contributed by atoms with Crippen molar-refractivity contribution in [2.45, 2.75) is 25.0 Å². The number of carbonyl (C=O) groups is 2. The molecule has 6 nitrogen and oxygen atoms in total. The summed E-state index contributed by atoms with van der Waals surface area (Å²) < 4.78 is 10.4. The van der Waals surface area contributed by atoms with Crippen LogP contribution in [0.25, 0.3) is 0 Å². The van der Waals surface area contributed by atoms with Crippen molar-refractivity contribution in [1.29, 1.82) is 0 Å². The highest BCUT2D eigenvalue weighted by Crippen LogP contribution is 2.25. The number of likely N-dealkylation sites (N-methyl/N-ethyl adjacent to an activating group) is 1. The first-order chi connectivity index (χ1) is 9.52.